The Morgan fingerprint density at radius 1 is 1.10 bits per heavy atom. The summed E-state index contributed by atoms with van der Waals surface area (Å²) in [4.78, 5) is 26.2. The number of anilines is 1. The average Bonchev–Trinajstić information content (AvgIpc) is 2.96. The van der Waals surface area contributed by atoms with E-state index >= 15 is 0 Å². The highest BCUT2D eigenvalue weighted by atomic mass is 16.5. The molecule has 5 nitrogen and oxygen atoms in total. The van der Waals surface area contributed by atoms with Crippen LogP contribution in [0.25, 0.3) is 10.8 Å². The highest BCUT2D eigenvalue weighted by Crippen LogP contribution is 2.36. The van der Waals surface area contributed by atoms with Crippen LogP contribution in [0, 0.1) is 6.92 Å². The molecule has 0 saturated carbocycles. The number of amides is 2. The number of fused-ring (bicyclic) bond motifs is 2. The van der Waals surface area contributed by atoms with Crippen LogP contribution in [0.1, 0.15) is 30.5 Å². The summed E-state index contributed by atoms with van der Waals surface area (Å²) >= 11 is 0. The maximum absolute atomic E-state index is 12.9. The van der Waals surface area contributed by atoms with Gasteiger partial charge in [-0.05, 0) is 30.9 Å². The lowest BCUT2D eigenvalue weighted by molar-refractivity contribution is -0.126. The van der Waals surface area contributed by atoms with Gasteiger partial charge >= 0.3 is 0 Å². The number of hydrogen-bond acceptors (Lipinski definition) is 3. The van der Waals surface area contributed by atoms with E-state index in [-0.39, 0.29) is 11.8 Å². The molecule has 0 spiro atoms. The van der Waals surface area contributed by atoms with Gasteiger partial charge in [0.2, 0.25) is 5.91 Å². The molecule has 1 aliphatic heterocycles. The molecule has 3 aromatic carbocycles. The molecule has 2 amide bonds. The van der Waals surface area contributed by atoms with Gasteiger partial charge in [0.25, 0.3) is 5.91 Å². The Labute approximate surface area is 170 Å². The zero-order chi connectivity index (χ0) is 20.4. The van der Waals surface area contributed by atoms with Crippen molar-refractivity contribution in [2.24, 2.45) is 0 Å². The molecule has 0 aromatic heterocycles. The standard InChI is InChI=1S/C24H24N2O3/c1-16-11-12-21-20(15-16)23(25-17(2)27)24(28)26(21)13-6-14-29-22-10-5-8-18-7-3-4-9-19(18)22/h3-5,7-12,15,23H,6,13-14H2,1-2H3,(H,25,27). The zero-order valence-electron chi connectivity index (χ0n) is 16.6. The Balaban J connectivity index is 1.44. The fourth-order valence-electron chi connectivity index (χ4n) is 3.86. The molecule has 1 aliphatic rings. The van der Waals surface area contributed by atoms with Gasteiger partial charge in [-0.25, -0.2) is 0 Å². The second-order valence-corrected chi connectivity index (χ2v) is 7.36. The number of nitrogens with zero attached hydrogens (tertiary/aromatic N) is 1. The van der Waals surface area contributed by atoms with Gasteiger partial charge < -0.3 is 15.0 Å². The molecule has 29 heavy (non-hydrogen) atoms. The van der Waals surface area contributed by atoms with Crippen molar-refractivity contribution < 1.29 is 14.3 Å². The smallest absolute Gasteiger partial charge is 0.254 e. The number of rotatable bonds is 6. The summed E-state index contributed by atoms with van der Waals surface area (Å²) in [5, 5.41) is 5.00. The van der Waals surface area contributed by atoms with Crippen LogP contribution in [-0.2, 0) is 9.59 Å². The highest BCUT2D eigenvalue weighted by molar-refractivity contribution is 6.06. The van der Waals surface area contributed by atoms with E-state index in [1.165, 1.54) is 6.92 Å². The first kappa shape index (κ1) is 19.0. The second kappa shape index (κ2) is 7.95. The normalized spacial score (nSPS) is 15.4. The molecule has 0 radical (unpaired) electrons. The molecule has 148 valence electrons. The van der Waals surface area contributed by atoms with Crippen molar-refractivity contribution in [1.82, 2.24) is 5.32 Å². The van der Waals surface area contributed by atoms with Crippen LogP contribution < -0.4 is 15.0 Å². The maximum atomic E-state index is 12.9. The summed E-state index contributed by atoms with van der Waals surface area (Å²) in [5.41, 5.74) is 2.79. The van der Waals surface area contributed by atoms with Crippen molar-refractivity contribution in [3.8, 4) is 5.75 Å². The van der Waals surface area contributed by atoms with Crippen LogP contribution in [0.5, 0.6) is 5.75 Å². The number of ether oxygens (including phenoxy) is 1. The lowest BCUT2D eigenvalue weighted by Gasteiger charge is -2.18. The molecule has 1 N–H and O–H groups in total. The number of benzene rings is 3. The maximum Gasteiger partial charge on any atom is 0.254 e. The van der Waals surface area contributed by atoms with Gasteiger partial charge in [0.1, 0.15) is 11.8 Å². The average molecular weight is 388 g/mol. The SMILES string of the molecule is CC(=O)NC1C(=O)N(CCCOc2cccc3ccccc23)c2ccc(C)cc21. The third-order valence-electron chi connectivity index (χ3n) is 5.18. The minimum atomic E-state index is -0.610. The monoisotopic (exact) mass is 388 g/mol. The van der Waals surface area contributed by atoms with E-state index in [4.69, 9.17) is 4.74 Å². The van der Waals surface area contributed by atoms with E-state index in [0.29, 0.717) is 19.6 Å². The van der Waals surface area contributed by atoms with Crippen LogP contribution in [0.3, 0.4) is 0 Å². The molecule has 0 bridgehead atoms. The summed E-state index contributed by atoms with van der Waals surface area (Å²) in [7, 11) is 0. The molecule has 5 heteroatoms. The van der Waals surface area contributed by atoms with Crippen molar-refractivity contribution in [2.45, 2.75) is 26.3 Å². The molecule has 1 heterocycles. The zero-order valence-corrected chi connectivity index (χ0v) is 16.6. The third-order valence-corrected chi connectivity index (χ3v) is 5.18. The lowest BCUT2D eigenvalue weighted by Crippen LogP contribution is -2.37. The molecular weight excluding hydrogens is 364 g/mol. The molecule has 0 fully saturated rings. The Morgan fingerprint density at radius 3 is 2.72 bits per heavy atom. The minimum absolute atomic E-state index is 0.0917. The first-order chi connectivity index (χ1) is 14.0. The molecule has 1 unspecified atom stereocenters. The first-order valence-electron chi connectivity index (χ1n) is 9.84. The summed E-state index contributed by atoms with van der Waals surface area (Å²) in [6.07, 6.45) is 0.690. The van der Waals surface area contributed by atoms with Crippen molar-refractivity contribution in [2.75, 3.05) is 18.1 Å². The molecule has 4 rings (SSSR count). The molecule has 3 aromatic rings. The predicted molar refractivity (Wildman–Crippen MR) is 114 cm³/mol. The minimum Gasteiger partial charge on any atom is -0.493 e. The largest absolute Gasteiger partial charge is 0.493 e. The summed E-state index contributed by atoms with van der Waals surface area (Å²) < 4.78 is 6.01. The van der Waals surface area contributed by atoms with E-state index in [2.05, 4.69) is 17.4 Å². The van der Waals surface area contributed by atoms with Crippen molar-refractivity contribution >= 4 is 28.3 Å². The Bertz CT molecular complexity index is 1070. The van der Waals surface area contributed by atoms with Gasteiger partial charge in [-0.3, -0.25) is 9.59 Å². The molecule has 1 atom stereocenters. The Hall–Kier alpha value is -3.34. The number of aryl methyl sites for hydroxylation is 1. The Kier molecular flexibility index (Phi) is 5.21. The van der Waals surface area contributed by atoms with E-state index in [9.17, 15) is 9.59 Å². The molecule has 0 saturated heterocycles. The predicted octanol–water partition coefficient (Wildman–Crippen LogP) is 4.14. The summed E-state index contributed by atoms with van der Waals surface area (Å²) in [6.45, 7) is 4.46. The third kappa shape index (κ3) is 3.81. The van der Waals surface area contributed by atoms with Crippen molar-refractivity contribution in [3.63, 3.8) is 0 Å². The molecule has 0 aliphatic carbocycles. The van der Waals surface area contributed by atoms with Crippen LogP contribution in [-0.4, -0.2) is 25.0 Å². The summed E-state index contributed by atoms with van der Waals surface area (Å²) in [5.74, 6) is 0.547. The van der Waals surface area contributed by atoms with Crippen molar-refractivity contribution in [3.05, 3.63) is 71.8 Å². The van der Waals surface area contributed by atoms with Crippen LogP contribution in [0.2, 0.25) is 0 Å². The van der Waals surface area contributed by atoms with E-state index in [1.807, 2.05) is 55.5 Å². The first-order valence-corrected chi connectivity index (χ1v) is 9.84. The van der Waals surface area contributed by atoms with E-state index in [0.717, 1.165) is 33.3 Å². The number of nitrogens with one attached hydrogen (secondary N) is 1. The Morgan fingerprint density at radius 2 is 1.90 bits per heavy atom. The fourth-order valence-corrected chi connectivity index (χ4v) is 3.86. The molecular formula is C24H24N2O3. The van der Waals surface area contributed by atoms with E-state index in [1.54, 1.807) is 4.90 Å². The lowest BCUT2D eigenvalue weighted by atomic mass is 10.1. The van der Waals surface area contributed by atoms with Crippen molar-refractivity contribution in [1.29, 1.82) is 0 Å². The van der Waals surface area contributed by atoms with Crippen LogP contribution >= 0.6 is 0 Å². The van der Waals surface area contributed by atoms with Gasteiger partial charge in [0.15, 0.2) is 0 Å². The van der Waals surface area contributed by atoms with Gasteiger partial charge in [0, 0.05) is 30.1 Å². The van der Waals surface area contributed by atoms with Gasteiger partial charge in [-0.2, -0.15) is 0 Å². The number of hydrogen-bond donors (Lipinski definition) is 1. The summed E-state index contributed by atoms with van der Waals surface area (Å²) in [6, 6.07) is 19.4. The van der Waals surface area contributed by atoms with Crippen LogP contribution in [0.4, 0.5) is 5.69 Å². The van der Waals surface area contributed by atoms with Gasteiger partial charge in [-0.1, -0.05) is 54.1 Å². The topological polar surface area (TPSA) is 58.6 Å². The van der Waals surface area contributed by atoms with E-state index < -0.39 is 6.04 Å². The van der Waals surface area contributed by atoms with Gasteiger partial charge in [0.05, 0.1) is 6.61 Å². The number of carbonyl (C=O) groups is 2. The second-order valence-electron chi connectivity index (χ2n) is 7.36. The quantitative estimate of drug-likeness (QED) is 0.646. The number of carbonyl (C=O) groups excluding carboxylic acids is 2. The van der Waals surface area contributed by atoms with Gasteiger partial charge in [-0.15, -0.1) is 0 Å². The van der Waals surface area contributed by atoms with Crippen LogP contribution in [0.15, 0.2) is 60.7 Å². The fraction of sp³-hybridized carbons (Fsp3) is 0.250. The highest BCUT2D eigenvalue weighted by Gasteiger charge is 2.37.